The van der Waals surface area contributed by atoms with Crippen molar-refractivity contribution >= 4 is 35.4 Å². The minimum absolute atomic E-state index is 0.104. The van der Waals surface area contributed by atoms with Crippen LogP contribution in [0.4, 0.5) is 0 Å². The lowest BCUT2D eigenvalue weighted by Gasteiger charge is -2.41. The molecule has 168 valence electrons. The summed E-state index contributed by atoms with van der Waals surface area (Å²) in [6.45, 7) is 7.40. The summed E-state index contributed by atoms with van der Waals surface area (Å²) in [7, 11) is 0. The Morgan fingerprint density at radius 3 is 2.67 bits per heavy atom. The van der Waals surface area contributed by atoms with Crippen LogP contribution in [0.25, 0.3) is 0 Å². The van der Waals surface area contributed by atoms with Gasteiger partial charge in [0.2, 0.25) is 12.1 Å². The zero-order valence-corrected chi connectivity index (χ0v) is 18.8. The number of esters is 2. The van der Waals surface area contributed by atoms with Crippen molar-refractivity contribution in [1.29, 1.82) is 0 Å². The fraction of sp³-hybridized carbons (Fsp3) is 0.714. The maximum atomic E-state index is 12.2. The van der Waals surface area contributed by atoms with Gasteiger partial charge in [-0.05, 0) is 49.3 Å². The van der Waals surface area contributed by atoms with Gasteiger partial charge in [-0.25, -0.2) is 9.59 Å². The van der Waals surface area contributed by atoms with Crippen LogP contribution in [-0.4, -0.2) is 57.9 Å². The quantitative estimate of drug-likeness (QED) is 0.330. The van der Waals surface area contributed by atoms with Crippen LogP contribution in [0.1, 0.15) is 59.8 Å². The lowest BCUT2D eigenvalue weighted by Crippen LogP contribution is -2.58. The van der Waals surface area contributed by atoms with E-state index in [1.54, 1.807) is 0 Å². The molecule has 4 atom stereocenters. The molecule has 9 heteroatoms. The Morgan fingerprint density at radius 2 is 2.07 bits per heavy atom. The summed E-state index contributed by atoms with van der Waals surface area (Å²) in [4.78, 5) is 47.5. The van der Waals surface area contributed by atoms with Crippen LogP contribution >= 0.6 is 11.8 Å². The van der Waals surface area contributed by atoms with E-state index in [1.807, 2.05) is 0 Å². The maximum absolute atomic E-state index is 12.2. The molecule has 1 amide bonds. The van der Waals surface area contributed by atoms with Crippen molar-refractivity contribution in [1.82, 2.24) is 4.90 Å². The molecule has 1 saturated carbocycles. The van der Waals surface area contributed by atoms with Crippen LogP contribution in [0.5, 0.6) is 0 Å². The maximum Gasteiger partial charge on any atom is 0.357 e. The first-order chi connectivity index (χ1) is 14.0. The topological polar surface area (TPSA) is 110 Å². The Hall–Kier alpha value is -1.87. The molecule has 1 aliphatic carbocycles. The Morgan fingerprint density at radius 1 is 1.37 bits per heavy atom. The molecule has 0 bridgehead atoms. The molecule has 30 heavy (non-hydrogen) atoms. The largest absolute Gasteiger partial charge is 0.459 e. The van der Waals surface area contributed by atoms with Gasteiger partial charge in [-0.1, -0.05) is 20.8 Å². The first kappa shape index (κ1) is 24.4. The molecular formula is C21H31NO7S. The van der Waals surface area contributed by atoms with Gasteiger partial charge in [0.15, 0.2) is 5.78 Å². The van der Waals surface area contributed by atoms with Crippen LogP contribution in [0.2, 0.25) is 0 Å². The Labute approximate surface area is 181 Å². The smallest absolute Gasteiger partial charge is 0.357 e. The van der Waals surface area contributed by atoms with Gasteiger partial charge < -0.3 is 14.6 Å². The number of ether oxygens (including phenoxy) is 2. The number of Topliss-reactive ketones (excluding diaryl/α,β-unsaturated/α-hetero) is 1. The van der Waals surface area contributed by atoms with Crippen LogP contribution in [0, 0.1) is 11.3 Å². The highest BCUT2D eigenvalue weighted by molar-refractivity contribution is 8.02. The van der Waals surface area contributed by atoms with Crippen molar-refractivity contribution in [2.24, 2.45) is 11.3 Å². The molecule has 8 nitrogen and oxygen atoms in total. The number of amides is 1. The van der Waals surface area contributed by atoms with Crippen LogP contribution in [0.15, 0.2) is 11.5 Å². The average Bonchev–Trinajstić information content (AvgIpc) is 2.65. The summed E-state index contributed by atoms with van der Waals surface area (Å²) in [5.74, 6) is -1.77. The molecule has 2 rings (SSSR count). The van der Waals surface area contributed by atoms with E-state index >= 15 is 0 Å². The molecule has 1 unspecified atom stereocenters. The van der Waals surface area contributed by atoms with Crippen LogP contribution < -0.4 is 0 Å². The zero-order chi connectivity index (χ0) is 22.5. The van der Waals surface area contributed by atoms with E-state index in [0.29, 0.717) is 5.92 Å². The molecule has 0 spiro atoms. The van der Waals surface area contributed by atoms with E-state index < -0.39 is 36.1 Å². The highest BCUT2D eigenvalue weighted by atomic mass is 32.2. The van der Waals surface area contributed by atoms with Gasteiger partial charge in [0.05, 0.1) is 11.8 Å². The van der Waals surface area contributed by atoms with Crippen molar-refractivity contribution < 1.29 is 33.8 Å². The van der Waals surface area contributed by atoms with E-state index in [4.69, 9.17) is 4.74 Å². The van der Waals surface area contributed by atoms with Crippen molar-refractivity contribution in [3.63, 3.8) is 0 Å². The molecular weight excluding hydrogens is 410 g/mol. The normalized spacial score (nSPS) is 27.7. The number of thioether (sulfide) groups is 1. The summed E-state index contributed by atoms with van der Waals surface area (Å²) in [6, 6.07) is 0. The predicted molar refractivity (Wildman–Crippen MR) is 111 cm³/mol. The number of aliphatic hydroxyl groups excluding tert-OH is 1. The summed E-state index contributed by atoms with van der Waals surface area (Å²) >= 11 is 1.13. The van der Waals surface area contributed by atoms with Crippen molar-refractivity contribution in [3.8, 4) is 0 Å². The summed E-state index contributed by atoms with van der Waals surface area (Å²) in [5.41, 5.74) is 0.168. The third-order valence-electron chi connectivity index (χ3n) is 5.92. The Balaban J connectivity index is 1.81. The minimum Gasteiger partial charge on any atom is -0.459 e. The van der Waals surface area contributed by atoms with Gasteiger partial charge in [-0.15, -0.1) is 11.8 Å². The molecule has 1 N–H and O–H groups in total. The third-order valence-corrected chi connectivity index (χ3v) is 6.93. The predicted octanol–water partition coefficient (Wildman–Crippen LogP) is 2.39. The SMILES string of the molecule is CC(=O)COC(=O)C(O)N1C(=O)C[C@H]1SC=CC(=O)O[C@H]1CCC[C@](C)(C(C)C)C1. The Bertz CT molecular complexity index is 707. The average molecular weight is 442 g/mol. The highest BCUT2D eigenvalue weighted by Gasteiger charge is 2.44. The zero-order valence-electron chi connectivity index (χ0n) is 18.0. The number of likely N-dealkylation sites (tertiary alicyclic amines) is 1. The second-order valence-electron chi connectivity index (χ2n) is 8.55. The second kappa shape index (κ2) is 10.4. The van der Waals surface area contributed by atoms with E-state index in [-0.39, 0.29) is 23.7 Å². The number of rotatable bonds is 9. The first-order valence-electron chi connectivity index (χ1n) is 10.2. The number of aliphatic hydroxyl groups is 1. The molecule has 0 aromatic heterocycles. The standard InChI is InChI=1S/C21H31NO7S/c1-13(2)21(4)8-5-6-15(11-21)29-18(25)7-9-30-17-10-16(24)22(17)19(26)20(27)28-12-14(3)23/h7,9,13,15,17,19,26H,5-6,8,10-12H2,1-4H3/t15-,17+,19?,21-/m0/s1. The van der Waals surface area contributed by atoms with E-state index in [9.17, 15) is 24.3 Å². The number of β-lactam (4-membered cyclic amide) rings is 1. The molecule has 0 aromatic carbocycles. The van der Waals surface area contributed by atoms with Crippen molar-refractivity contribution in [3.05, 3.63) is 11.5 Å². The fourth-order valence-corrected chi connectivity index (χ4v) is 4.62. The number of nitrogens with zero attached hydrogens (tertiary/aromatic N) is 1. The first-order valence-corrected chi connectivity index (χ1v) is 11.2. The molecule has 2 fully saturated rings. The van der Waals surface area contributed by atoms with Crippen molar-refractivity contribution in [2.75, 3.05) is 6.61 Å². The lowest BCUT2D eigenvalue weighted by molar-refractivity contribution is -0.179. The minimum atomic E-state index is -1.78. The molecule has 1 aliphatic heterocycles. The molecule has 1 saturated heterocycles. The van der Waals surface area contributed by atoms with Gasteiger partial charge >= 0.3 is 11.9 Å². The van der Waals surface area contributed by atoms with E-state index in [2.05, 4.69) is 25.5 Å². The third kappa shape index (κ3) is 6.31. The number of hydrogen-bond acceptors (Lipinski definition) is 8. The number of carbonyl (C=O) groups is 4. The van der Waals surface area contributed by atoms with Gasteiger partial charge in [-0.2, -0.15) is 0 Å². The molecule has 1 heterocycles. The second-order valence-corrected chi connectivity index (χ2v) is 9.63. The number of hydrogen-bond donors (Lipinski definition) is 1. The Kier molecular flexibility index (Phi) is 8.49. The van der Waals surface area contributed by atoms with Crippen LogP contribution in [-0.2, 0) is 28.7 Å². The lowest BCUT2D eigenvalue weighted by atomic mass is 9.67. The number of ketones is 1. The van der Waals surface area contributed by atoms with Gasteiger partial charge in [-0.3, -0.25) is 14.5 Å². The monoisotopic (exact) mass is 441 g/mol. The van der Waals surface area contributed by atoms with E-state index in [0.717, 1.165) is 42.3 Å². The molecule has 2 aliphatic rings. The summed E-state index contributed by atoms with van der Waals surface area (Å²) < 4.78 is 10.2. The van der Waals surface area contributed by atoms with Gasteiger partial charge in [0, 0.05) is 6.08 Å². The summed E-state index contributed by atoms with van der Waals surface area (Å²) in [5, 5.41) is 11.0. The number of carbonyl (C=O) groups excluding carboxylic acids is 4. The fourth-order valence-electron chi connectivity index (χ4n) is 3.64. The highest BCUT2D eigenvalue weighted by Crippen LogP contribution is 2.43. The molecule has 0 radical (unpaired) electrons. The van der Waals surface area contributed by atoms with Crippen LogP contribution in [0.3, 0.4) is 0 Å². The van der Waals surface area contributed by atoms with E-state index in [1.165, 1.54) is 18.4 Å². The van der Waals surface area contributed by atoms with Gasteiger partial charge in [0.1, 0.15) is 12.7 Å². The summed E-state index contributed by atoms with van der Waals surface area (Å²) in [6.07, 6.45) is 3.40. The molecule has 0 aromatic rings. The van der Waals surface area contributed by atoms with Crippen molar-refractivity contribution in [2.45, 2.75) is 77.5 Å². The van der Waals surface area contributed by atoms with Gasteiger partial charge in [0.25, 0.3) is 0 Å².